The van der Waals surface area contributed by atoms with Gasteiger partial charge in [0.1, 0.15) is 0 Å². The molecule has 0 spiro atoms. The van der Waals surface area contributed by atoms with E-state index in [0.29, 0.717) is 0 Å². The highest BCUT2D eigenvalue weighted by molar-refractivity contribution is 4.53. The zero-order valence-corrected chi connectivity index (χ0v) is 77.2. The molecule has 0 saturated carbocycles. The van der Waals surface area contributed by atoms with Gasteiger partial charge in [-0.05, 0) is 6.42 Å². The summed E-state index contributed by atoms with van der Waals surface area (Å²) in [5.41, 5.74) is 10.8. The summed E-state index contributed by atoms with van der Waals surface area (Å²) < 4.78 is 0. The van der Waals surface area contributed by atoms with Crippen LogP contribution in [0.15, 0.2) is 0 Å². The molecule has 4 N–H and O–H groups in total. The topological polar surface area (TPSA) is 52.0 Å². The summed E-state index contributed by atoms with van der Waals surface area (Å²) in [5.74, 6) is 0. The molecular formula is C99H222N2. The lowest BCUT2D eigenvalue weighted by molar-refractivity contribution is 0.544. The van der Waals surface area contributed by atoms with Gasteiger partial charge in [0.05, 0.1) is 6.17 Å². The van der Waals surface area contributed by atoms with E-state index in [2.05, 4.69) is 145 Å². The molecule has 2 heteroatoms. The van der Waals surface area contributed by atoms with Gasteiger partial charge in [0.15, 0.2) is 0 Å². The van der Waals surface area contributed by atoms with E-state index in [1.165, 1.54) is 488 Å². The van der Waals surface area contributed by atoms with Crippen LogP contribution in [0.2, 0.25) is 0 Å². The van der Waals surface area contributed by atoms with Crippen LogP contribution < -0.4 is 11.5 Å². The van der Waals surface area contributed by atoms with Gasteiger partial charge in [-0.15, -0.1) is 0 Å². The second-order valence-electron chi connectivity index (χ2n) is 30.9. The molecule has 0 atom stereocenters. The summed E-state index contributed by atoms with van der Waals surface area (Å²) >= 11 is 0. The van der Waals surface area contributed by atoms with Gasteiger partial charge in [-0.1, -0.05) is 633 Å². The first-order valence-corrected chi connectivity index (χ1v) is 48.9. The zero-order valence-electron chi connectivity index (χ0n) is 77.2. The van der Waals surface area contributed by atoms with Crippen LogP contribution in [0, 0.1) is 0 Å². The molecule has 0 aromatic heterocycles. The van der Waals surface area contributed by atoms with Gasteiger partial charge < -0.3 is 11.5 Å². The summed E-state index contributed by atoms with van der Waals surface area (Å²) in [6, 6.07) is 0. The molecule has 0 amide bonds. The number of unbranched alkanes of at least 4 members (excludes halogenated alkanes) is 65. The molecule has 0 bridgehead atoms. The van der Waals surface area contributed by atoms with Crippen LogP contribution in [0.4, 0.5) is 0 Å². The smallest absolute Gasteiger partial charge is 0.0520 e. The van der Waals surface area contributed by atoms with Crippen LogP contribution in [0.5, 0.6) is 0 Å². The van der Waals surface area contributed by atoms with Crippen LogP contribution in [0.1, 0.15) is 640 Å². The zero-order chi connectivity index (χ0) is 78.0. The molecule has 0 aliphatic heterocycles. The van der Waals surface area contributed by atoms with Crippen LogP contribution in [-0.2, 0) is 0 Å². The molecule has 0 saturated heterocycles. The Hall–Kier alpha value is -0.0800. The first-order chi connectivity index (χ1) is 49.4. The highest BCUT2D eigenvalue weighted by Gasteiger charge is 1.96. The third kappa shape index (κ3) is 208. The Morgan fingerprint density at radius 3 is 0.218 bits per heavy atom. The van der Waals surface area contributed by atoms with E-state index in [1.807, 2.05) is 0 Å². The average Bonchev–Trinajstić information content (AvgIpc) is 3.68. The average molecular weight is 1440 g/mol. The van der Waals surface area contributed by atoms with Crippen molar-refractivity contribution in [3.63, 3.8) is 0 Å². The summed E-state index contributed by atoms with van der Waals surface area (Å²) in [6.45, 7) is 47.5. The Morgan fingerprint density at radius 1 is 0.0990 bits per heavy atom. The van der Waals surface area contributed by atoms with E-state index in [9.17, 15) is 0 Å². The molecule has 0 radical (unpaired) electrons. The Bertz CT molecular complexity index is 731. The van der Waals surface area contributed by atoms with Crippen molar-refractivity contribution in [2.24, 2.45) is 11.5 Å². The highest BCUT2D eigenvalue weighted by Crippen LogP contribution is 2.13. The van der Waals surface area contributed by atoms with Crippen LogP contribution >= 0.6 is 0 Å². The van der Waals surface area contributed by atoms with Crippen molar-refractivity contribution in [1.29, 1.82) is 0 Å². The van der Waals surface area contributed by atoms with Gasteiger partial charge in [0, 0.05) is 0 Å². The second-order valence-corrected chi connectivity index (χ2v) is 30.9. The first kappa shape index (κ1) is 125. The maximum atomic E-state index is 5.41. The highest BCUT2D eigenvalue weighted by atomic mass is 14.8. The van der Waals surface area contributed by atoms with Crippen LogP contribution in [-0.4, -0.2) is 6.17 Å². The number of hydrogen-bond donors (Lipinski definition) is 2. The van der Waals surface area contributed by atoms with Crippen molar-refractivity contribution < 1.29 is 0 Å². The second kappa shape index (κ2) is 153. The Kier molecular flexibility index (Phi) is 189. The molecule has 2 nitrogen and oxygen atoms in total. The van der Waals surface area contributed by atoms with Gasteiger partial charge in [-0.3, -0.25) is 0 Å². The lowest BCUT2D eigenvalue weighted by Gasteiger charge is -2.03. The SMILES string of the molecule is CCCCCCCCC.CCCCCCCCC.CCCCCCCCC.CCCCCCCCC.CCCCCCCCC.CCCCCCCCC.CCCCCCCCC.CCCCCCCCC.CCCCCCCCC.CCCCCCCCC.CCCCCCCCC(N)N. The monoisotopic (exact) mass is 1440 g/mol. The van der Waals surface area contributed by atoms with Crippen LogP contribution in [0.3, 0.4) is 0 Å². The first-order valence-electron chi connectivity index (χ1n) is 48.9. The summed E-state index contributed by atoms with van der Waals surface area (Å²) in [5, 5.41) is 0. The Morgan fingerprint density at radius 2 is 0.158 bits per heavy atom. The van der Waals surface area contributed by atoms with E-state index in [4.69, 9.17) is 11.5 Å². The summed E-state index contributed by atoms with van der Waals surface area (Å²) in [6.07, 6.45) is 109. The maximum Gasteiger partial charge on any atom is 0.0520 e. The van der Waals surface area contributed by atoms with Crippen molar-refractivity contribution in [3.05, 3.63) is 0 Å². The minimum atomic E-state index is -0.0961. The molecular weight excluding hydrogens is 1220 g/mol. The third-order valence-electron chi connectivity index (χ3n) is 19.0. The molecule has 0 aliphatic rings. The largest absolute Gasteiger partial charge is 0.316 e. The van der Waals surface area contributed by atoms with Crippen molar-refractivity contribution in [1.82, 2.24) is 0 Å². The van der Waals surface area contributed by atoms with Gasteiger partial charge in [0.2, 0.25) is 0 Å². The number of rotatable bonds is 67. The fraction of sp³-hybridized carbons (Fsp3) is 1.00. The number of nitrogens with two attached hydrogens (primary N) is 2. The van der Waals surface area contributed by atoms with Crippen molar-refractivity contribution in [2.75, 3.05) is 0 Å². The van der Waals surface area contributed by atoms with E-state index >= 15 is 0 Å². The fourth-order valence-corrected chi connectivity index (χ4v) is 11.5. The van der Waals surface area contributed by atoms with Gasteiger partial charge in [0.25, 0.3) is 0 Å². The lowest BCUT2D eigenvalue weighted by atomic mass is 10.1. The summed E-state index contributed by atoms with van der Waals surface area (Å²) in [4.78, 5) is 0. The molecule has 0 unspecified atom stereocenters. The molecule has 0 aliphatic carbocycles. The molecule has 0 heterocycles. The standard InChI is InChI=1S/C9H22N2.10C9H20/c1-2-3-4-5-6-7-8-9(10)11;10*1-3-5-7-9-8-6-4-2/h9H,2-8,10-11H2,1H3;10*3-9H2,1-2H3. The minimum Gasteiger partial charge on any atom is -0.316 e. The predicted molar refractivity (Wildman–Crippen MR) is 487 cm³/mol. The van der Waals surface area contributed by atoms with E-state index in [-0.39, 0.29) is 6.17 Å². The number of hydrogen-bond acceptors (Lipinski definition) is 2. The molecule has 0 aromatic carbocycles. The van der Waals surface area contributed by atoms with Crippen molar-refractivity contribution in [3.8, 4) is 0 Å². The van der Waals surface area contributed by atoms with Gasteiger partial charge in [-0.25, -0.2) is 0 Å². The lowest BCUT2D eigenvalue weighted by Crippen LogP contribution is -2.29. The summed E-state index contributed by atoms with van der Waals surface area (Å²) in [7, 11) is 0. The molecule has 628 valence electrons. The fourth-order valence-electron chi connectivity index (χ4n) is 11.5. The van der Waals surface area contributed by atoms with E-state index in [0.717, 1.165) is 6.42 Å². The van der Waals surface area contributed by atoms with Gasteiger partial charge >= 0.3 is 0 Å². The quantitative estimate of drug-likeness (QED) is 0.0471. The van der Waals surface area contributed by atoms with Crippen LogP contribution in [0.25, 0.3) is 0 Å². The van der Waals surface area contributed by atoms with E-state index < -0.39 is 0 Å². The Labute approximate surface area is 653 Å². The Balaban J connectivity index is -0.0000000981. The molecule has 0 fully saturated rings. The normalized spacial score (nSPS) is 10.1. The minimum absolute atomic E-state index is 0.0961. The molecule has 0 rings (SSSR count). The molecule has 0 aromatic rings. The van der Waals surface area contributed by atoms with E-state index in [1.54, 1.807) is 0 Å². The maximum absolute atomic E-state index is 5.41. The molecule has 101 heavy (non-hydrogen) atoms. The third-order valence-corrected chi connectivity index (χ3v) is 19.0. The van der Waals surface area contributed by atoms with Gasteiger partial charge in [-0.2, -0.15) is 0 Å². The van der Waals surface area contributed by atoms with Crippen molar-refractivity contribution in [2.45, 2.75) is 646 Å². The predicted octanol–water partition coefficient (Wildman–Crippen LogP) is 39.5. The van der Waals surface area contributed by atoms with Crippen molar-refractivity contribution >= 4 is 0 Å².